The van der Waals surface area contributed by atoms with Crippen molar-refractivity contribution in [3.63, 3.8) is 0 Å². The third-order valence-corrected chi connectivity index (χ3v) is 3.81. The summed E-state index contributed by atoms with van der Waals surface area (Å²) in [5.74, 6) is 0.430. The SMILES string of the molecule is CCC1CN(CCc2ccccc2)CC/C1=N\O. The molecule has 1 saturated heterocycles. The Bertz CT molecular complexity index is 389. The zero-order valence-electron chi connectivity index (χ0n) is 11.0. The van der Waals surface area contributed by atoms with E-state index in [1.165, 1.54) is 5.56 Å². The van der Waals surface area contributed by atoms with Crippen molar-refractivity contribution in [1.29, 1.82) is 0 Å². The summed E-state index contributed by atoms with van der Waals surface area (Å²) in [6, 6.07) is 10.6. The van der Waals surface area contributed by atoms with Gasteiger partial charge < -0.3 is 10.1 Å². The van der Waals surface area contributed by atoms with E-state index in [4.69, 9.17) is 5.21 Å². The molecule has 0 radical (unpaired) electrons. The predicted octanol–water partition coefficient (Wildman–Crippen LogP) is 2.79. The van der Waals surface area contributed by atoms with Crippen LogP contribution in [0.25, 0.3) is 0 Å². The molecule has 0 bridgehead atoms. The molecule has 3 nitrogen and oxygen atoms in total. The van der Waals surface area contributed by atoms with E-state index in [1.807, 2.05) is 0 Å². The van der Waals surface area contributed by atoms with Crippen molar-refractivity contribution in [2.75, 3.05) is 19.6 Å². The highest BCUT2D eigenvalue weighted by Crippen LogP contribution is 2.17. The predicted molar refractivity (Wildman–Crippen MR) is 74.2 cm³/mol. The minimum absolute atomic E-state index is 0.430. The number of hydrogen-bond donors (Lipinski definition) is 1. The lowest BCUT2D eigenvalue weighted by molar-refractivity contribution is 0.230. The Morgan fingerprint density at radius 1 is 1.33 bits per heavy atom. The number of likely N-dealkylation sites (tertiary alicyclic amines) is 1. The first-order chi connectivity index (χ1) is 8.83. The standard InChI is InChI=1S/C15H22N2O/c1-2-14-12-17(11-9-15(14)16-18)10-8-13-6-4-3-5-7-13/h3-7,14,18H,2,8-12H2,1H3/b16-15+. The van der Waals surface area contributed by atoms with E-state index in [9.17, 15) is 0 Å². The molecule has 98 valence electrons. The summed E-state index contributed by atoms with van der Waals surface area (Å²) in [5, 5.41) is 12.4. The molecule has 18 heavy (non-hydrogen) atoms. The van der Waals surface area contributed by atoms with Gasteiger partial charge in [-0.3, -0.25) is 0 Å². The van der Waals surface area contributed by atoms with Gasteiger partial charge in [-0.05, 0) is 18.4 Å². The second kappa shape index (κ2) is 6.55. The van der Waals surface area contributed by atoms with Gasteiger partial charge in [0.1, 0.15) is 0 Å². The lowest BCUT2D eigenvalue weighted by atomic mass is 9.93. The first-order valence-electron chi connectivity index (χ1n) is 6.80. The minimum atomic E-state index is 0.430. The highest BCUT2D eigenvalue weighted by molar-refractivity contribution is 5.87. The molecular formula is C15H22N2O. The molecule has 3 heteroatoms. The van der Waals surface area contributed by atoms with Crippen LogP contribution in [0.5, 0.6) is 0 Å². The number of hydrogen-bond acceptors (Lipinski definition) is 3. The average molecular weight is 246 g/mol. The maximum Gasteiger partial charge on any atom is 0.0627 e. The molecule has 1 heterocycles. The van der Waals surface area contributed by atoms with Crippen LogP contribution in [0.3, 0.4) is 0 Å². The van der Waals surface area contributed by atoms with Gasteiger partial charge in [-0.15, -0.1) is 0 Å². The van der Waals surface area contributed by atoms with E-state index in [1.54, 1.807) is 0 Å². The molecular weight excluding hydrogens is 224 g/mol. The van der Waals surface area contributed by atoms with Gasteiger partial charge in [0.2, 0.25) is 0 Å². The molecule has 1 unspecified atom stereocenters. The van der Waals surface area contributed by atoms with Crippen LogP contribution < -0.4 is 0 Å². The lowest BCUT2D eigenvalue weighted by Crippen LogP contribution is -2.41. The zero-order chi connectivity index (χ0) is 12.8. The Hall–Kier alpha value is -1.35. The lowest BCUT2D eigenvalue weighted by Gasteiger charge is -2.32. The maximum absolute atomic E-state index is 8.96. The Kier molecular flexibility index (Phi) is 4.76. The summed E-state index contributed by atoms with van der Waals surface area (Å²) in [6.07, 6.45) is 3.06. The van der Waals surface area contributed by atoms with Crippen molar-refractivity contribution >= 4 is 5.71 Å². The third kappa shape index (κ3) is 3.33. The molecule has 0 saturated carbocycles. The maximum atomic E-state index is 8.96. The van der Waals surface area contributed by atoms with Gasteiger partial charge >= 0.3 is 0 Å². The van der Waals surface area contributed by atoms with E-state index in [0.717, 1.165) is 44.6 Å². The molecule has 1 aromatic carbocycles. The Labute approximate surface area is 109 Å². The zero-order valence-corrected chi connectivity index (χ0v) is 11.0. The molecule has 1 N–H and O–H groups in total. The largest absolute Gasteiger partial charge is 0.411 e. The molecule has 0 aromatic heterocycles. The van der Waals surface area contributed by atoms with Crippen molar-refractivity contribution in [3.05, 3.63) is 35.9 Å². The number of rotatable bonds is 4. The smallest absolute Gasteiger partial charge is 0.0627 e. The van der Waals surface area contributed by atoms with Gasteiger partial charge in [-0.2, -0.15) is 0 Å². The van der Waals surface area contributed by atoms with E-state index in [-0.39, 0.29) is 0 Å². The van der Waals surface area contributed by atoms with Crippen molar-refractivity contribution < 1.29 is 5.21 Å². The van der Waals surface area contributed by atoms with Gasteiger partial charge in [0.25, 0.3) is 0 Å². The van der Waals surface area contributed by atoms with Crippen molar-refractivity contribution in [3.8, 4) is 0 Å². The quantitative estimate of drug-likeness (QED) is 0.655. The first kappa shape index (κ1) is 13.1. The molecule has 1 aliphatic rings. The highest BCUT2D eigenvalue weighted by atomic mass is 16.4. The molecule has 0 amide bonds. The second-order valence-electron chi connectivity index (χ2n) is 4.98. The molecule has 1 aromatic rings. The fraction of sp³-hybridized carbons (Fsp3) is 0.533. The Balaban J connectivity index is 1.84. The molecule has 1 fully saturated rings. The fourth-order valence-electron chi connectivity index (χ4n) is 2.62. The topological polar surface area (TPSA) is 35.8 Å². The minimum Gasteiger partial charge on any atom is -0.411 e. The van der Waals surface area contributed by atoms with Gasteiger partial charge in [0, 0.05) is 32.0 Å². The summed E-state index contributed by atoms with van der Waals surface area (Å²) in [7, 11) is 0. The van der Waals surface area contributed by atoms with E-state index < -0.39 is 0 Å². The number of nitrogens with zero attached hydrogens (tertiary/aromatic N) is 2. The summed E-state index contributed by atoms with van der Waals surface area (Å²) in [5.41, 5.74) is 2.38. The number of benzene rings is 1. The highest BCUT2D eigenvalue weighted by Gasteiger charge is 2.24. The van der Waals surface area contributed by atoms with Crippen LogP contribution in [0.4, 0.5) is 0 Å². The van der Waals surface area contributed by atoms with Crippen LogP contribution in [0.15, 0.2) is 35.5 Å². The summed E-state index contributed by atoms with van der Waals surface area (Å²) in [4.78, 5) is 2.48. The van der Waals surface area contributed by atoms with Crippen molar-refractivity contribution in [2.24, 2.45) is 11.1 Å². The second-order valence-corrected chi connectivity index (χ2v) is 4.98. The summed E-state index contributed by atoms with van der Waals surface area (Å²) < 4.78 is 0. The van der Waals surface area contributed by atoms with Crippen LogP contribution in [0.2, 0.25) is 0 Å². The van der Waals surface area contributed by atoms with E-state index >= 15 is 0 Å². The van der Waals surface area contributed by atoms with Gasteiger partial charge in [0.15, 0.2) is 0 Å². The van der Waals surface area contributed by atoms with Gasteiger partial charge in [-0.1, -0.05) is 42.4 Å². The summed E-state index contributed by atoms with van der Waals surface area (Å²) in [6.45, 7) is 5.31. The van der Waals surface area contributed by atoms with Crippen LogP contribution in [0.1, 0.15) is 25.3 Å². The number of oxime groups is 1. The van der Waals surface area contributed by atoms with Gasteiger partial charge in [0.05, 0.1) is 5.71 Å². The van der Waals surface area contributed by atoms with Gasteiger partial charge in [-0.25, -0.2) is 0 Å². The molecule has 0 spiro atoms. The Morgan fingerprint density at radius 2 is 2.11 bits per heavy atom. The van der Waals surface area contributed by atoms with Crippen molar-refractivity contribution in [2.45, 2.75) is 26.2 Å². The number of piperidine rings is 1. The van der Waals surface area contributed by atoms with Crippen LogP contribution in [-0.4, -0.2) is 35.5 Å². The van der Waals surface area contributed by atoms with E-state index in [2.05, 4.69) is 47.3 Å². The van der Waals surface area contributed by atoms with Crippen molar-refractivity contribution in [1.82, 2.24) is 4.90 Å². The fourth-order valence-corrected chi connectivity index (χ4v) is 2.62. The van der Waals surface area contributed by atoms with Crippen LogP contribution in [-0.2, 0) is 6.42 Å². The average Bonchev–Trinajstić information content (AvgIpc) is 2.45. The monoisotopic (exact) mass is 246 g/mol. The Morgan fingerprint density at radius 3 is 2.78 bits per heavy atom. The van der Waals surface area contributed by atoms with Crippen LogP contribution in [0, 0.1) is 5.92 Å². The summed E-state index contributed by atoms with van der Waals surface area (Å²) >= 11 is 0. The molecule has 2 rings (SSSR count). The normalized spacial score (nSPS) is 23.4. The van der Waals surface area contributed by atoms with Crippen LogP contribution >= 0.6 is 0 Å². The first-order valence-corrected chi connectivity index (χ1v) is 6.80. The third-order valence-electron chi connectivity index (χ3n) is 3.81. The van der Waals surface area contributed by atoms with E-state index in [0.29, 0.717) is 5.92 Å². The molecule has 1 atom stereocenters. The molecule has 0 aliphatic carbocycles. The molecule has 1 aliphatic heterocycles.